The normalized spacial score (nSPS) is 13.9. The fraction of sp³-hybridized carbons (Fsp3) is 0.462. The van der Waals surface area contributed by atoms with E-state index >= 15 is 0 Å². The van der Waals surface area contributed by atoms with E-state index in [2.05, 4.69) is 31.0 Å². The second kappa shape index (κ2) is 11.6. The largest absolute Gasteiger partial charge is 0.494 e. The van der Waals surface area contributed by atoms with Crippen LogP contribution < -0.4 is 15.0 Å². The Morgan fingerprint density at radius 1 is 0.969 bits per heavy atom. The lowest BCUT2D eigenvalue weighted by atomic mass is 10.1. The molecule has 1 fully saturated rings. The lowest BCUT2D eigenvalue weighted by Crippen LogP contribution is -2.49. The topological polar surface area (TPSA) is 61.9 Å². The van der Waals surface area contributed by atoms with Crippen molar-refractivity contribution in [2.24, 2.45) is 5.92 Å². The number of amides is 2. The van der Waals surface area contributed by atoms with Crippen LogP contribution in [0.25, 0.3) is 0 Å². The maximum atomic E-state index is 12.5. The molecule has 0 spiro atoms. The van der Waals surface area contributed by atoms with Gasteiger partial charge in [-0.25, -0.2) is 0 Å². The van der Waals surface area contributed by atoms with Crippen LogP contribution in [0.5, 0.6) is 5.75 Å². The highest BCUT2D eigenvalue weighted by Gasteiger charge is 2.21. The SMILES string of the molecule is CCCCOc1ccc(C(=O)Nc2ccc(N3CCN(C(=O)CC(C)C)CC3)cc2)cc1. The highest BCUT2D eigenvalue weighted by Crippen LogP contribution is 2.21. The maximum absolute atomic E-state index is 12.5. The number of hydrogen-bond donors (Lipinski definition) is 1. The summed E-state index contributed by atoms with van der Waals surface area (Å²) in [7, 11) is 0. The van der Waals surface area contributed by atoms with Gasteiger partial charge in [-0.3, -0.25) is 9.59 Å². The number of ether oxygens (including phenoxy) is 1. The average molecular weight is 438 g/mol. The molecule has 0 radical (unpaired) electrons. The van der Waals surface area contributed by atoms with Gasteiger partial charge < -0.3 is 19.9 Å². The molecule has 0 aliphatic carbocycles. The van der Waals surface area contributed by atoms with Crippen LogP contribution in [0.1, 0.15) is 50.4 Å². The van der Waals surface area contributed by atoms with Gasteiger partial charge in [0.2, 0.25) is 5.91 Å². The zero-order chi connectivity index (χ0) is 22.9. The Bertz CT molecular complexity index is 870. The quantitative estimate of drug-likeness (QED) is 0.572. The zero-order valence-electron chi connectivity index (χ0n) is 19.5. The van der Waals surface area contributed by atoms with Gasteiger partial charge in [0.25, 0.3) is 5.91 Å². The minimum atomic E-state index is -0.143. The van der Waals surface area contributed by atoms with E-state index in [1.165, 1.54) is 0 Å². The standard InChI is InChI=1S/C26H35N3O3/c1-4-5-18-32-24-12-6-21(7-13-24)26(31)27-22-8-10-23(11-9-22)28-14-16-29(17-15-28)25(30)19-20(2)3/h6-13,20H,4-5,14-19H2,1-3H3,(H,27,31). The number of rotatable bonds is 9. The second-order valence-corrected chi connectivity index (χ2v) is 8.69. The van der Waals surface area contributed by atoms with Gasteiger partial charge in [0.15, 0.2) is 0 Å². The lowest BCUT2D eigenvalue weighted by molar-refractivity contribution is -0.132. The Labute approximate surface area is 191 Å². The first-order valence-corrected chi connectivity index (χ1v) is 11.6. The number of hydrogen-bond acceptors (Lipinski definition) is 4. The van der Waals surface area contributed by atoms with Gasteiger partial charge in [0.05, 0.1) is 6.61 Å². The zero-order valence-corrected chi connectivity index (χ0v) is 19.5. The first-order chi connectivity index (χ1) is 15.5. The fourth-order valence-electron chi connectivity index (χ4n) is 3.69. The van der Waals surface area contributed by atoms with Crippen LogP contribution in [0.4, 0.5) is 11.4 Å². The first-order valence-electron chi connectivity index (χ1n) is 11.6. The minimum absolute atomic E-state index is 0.143. The summed E-state index contributed by atoms with van der Waals surface area (Å²) in [6.45, 7) is 10.1. The molecule has 1 aliphatic heterocycles. The van der Waals surface area contributed by atoms with Gasteiger partial charge in [-0.2, -0.15) is 0 Å². The van der Waals surface area contributed by atoms with Gasteiger partial charge in [-0.05, 0) is 60.9 Å². The van der Waals surface area contributed by atoms with Crippen LogP contribution in [0, 0.1) is 5.92 Å². The van der Waals surface area contributed by atoms with Crippen molar-refractivity contribution < 1.29 is 14.3 Å². The molecule has 0 aromatic heterocycles. The summed E-state index contributed by atoms with van der Waals surface area (Å²) >= 11 is 0. The Balaban J connectivity index is 1.49. The van der Waals surface area contributed by atoms with Gasteiger partial charge >= 0.3 is 0 Å². The molecule has 172 valence electrons. The molecule has 1 heterocycles. The molecule has 0 unspecified atom stereocenters. The maximum Gasteiger partial charge on any atom is 0.255 e. The van der Waals surface area contributed by atoms with Gasteiger partial charge in [-0.1, -0.05) is 27.2 Å². The number of benzene rings is 2. The molecule has 3 rings (SSSR count). The molecular weight excluding hydrogens is 402 g/mol. The van der Waals surface area contributed by atoms with Crippen LogP contribution in [0.15, 0.2) is 48.5 Å². The number of carbonyl (C=O) groups excluding carboxylic acids is 2. The van der Waals surface area contributed by atoms with Crippen LogP contribution >= 0.6 is 0 Å². The highest BCUT2D eigenvalue weighted by atomic mass is 16.5. The van der Waals surface area contributed by atoms with Crippen LogP contribution in [-0.4, -0.2) is 49.5 Å². The summed E-state index contributed by atoms with van der Waals surface area (Å²) in [5.74, 6) is 1.28. The Hall–Kier alpha value is -3.02. The number of piperazine rings is 1. The van der Waals surface area contributed by atoms with Crippen molar-refractivity contribution in [3.05, 3.63) is 54.1 Å². The third-order valence-corrected chi connectivity index (χ3v) is 5.59. The predicted octanol–water partition coefficient (Wildman–Crippen LogP) is 4.81. The van der Waals surface area contributed by atoms with E-state index in [0.717, 1.165) is 56.1 Å². The van der Waals surface area contributed by atoms with Crippen LogP contribution in [0.2, 0.25) is 0 Å². The van der Waals surface area contributed by atoms with Crippen molar-refractivity contribution in [3.8, 4) is 5.75 Å². The van der Waals surface area contributed by atoms with E-state index < -0.39 is 0 Å². The van der Waals surface area contributed by atoms with Crippen LogP contribution in [0.3, 0.4) is 0 Å². The number of nitrogens with one attached hydrogen (secondary N) is 1. The van der Waals surface area contributed by atoms with Crippen molar-refractivity contribution in [2.45, 2.75) is 40.0 Å². The van der Waals surface area contributed by atoms with Gasteiger partial charge in [0.1, 0.15) is 5.75 Å². The van der Waals surface area contributed by atoms with E-state index in [4.69, 9.17) is 4.74 Å². The molecule has 2 aromatic rings. The third-order valence-electron chi connectivity index (χ3n) is 5.59. The van der Waals surface area contributed by atoms with Crippen molar-refractivity contribution >= 4 is 23.2 Å². The average Bonchev–Trinajstić information content (AvgIpc) is 2.80. The van der Waals surface area contributed by atoms with Crippen molar-refractivity contribution in [2.75, 3.05) is 43.0 Å². The molecule has 1 N–H and O–H groups in total. The molecule has 2 amide bonds. The van der Waals surface area contributed by atoms with Gasteiger partial charge in [0, 0.05) is 49.5 Å². The Kier molecular flexibility index (Phi) is 8.54. The summed E-state index contributed by atoms with van der Waals surface area (Å²) in [4.78, 5) is 29.0. The minimum Gasteiger partial charge on any atom is -0.494 e. The molecule has 0 saturated carbocycles. The molecule has 1 aliphatic rings. The molecule has 6 nitrogen and oxygen atoms in total. The lowest BCUT2D eigenvalue weighted by Gasteiger charge is -2.36. The fourth-order valence-corrected chi connectivity index (χ4v) is 3.69. The molecule has 0 bridgehead atoms. The Morgan fingerprint density at radius 2 is 1.62 bits per heavy atom. The van der Waals surface area contributed by atoms with Crippen molar-refractivity contribution in [1.29, 1.82) is 0 Å². The van der Waals surface area contributed by atoms with E-state index in [1.54, 1.807) is 12.1 Å². The van der Waals surface area contributed by atoms with E-state index in [1.807, 2.05) is 41.3 Å². The predicted molar refractivity (Wildman–Crippen MR) is 129 cm³/mol. The molecule has 0 atom stereocenters. The first kappa shape index (κ1) is 23.6. The van der Waals surface area contributed by atoms with Crippen molar-refractivity contribution in [3.63, 3.8) is 0 Å². The summed E-state index contributed by atoms with van der Waals surface area (Å²) in [6, 6.07) is 15.1. The highest BCUT2D eigenvalue weighted by molar-refractivity contribution is 6.04. The summed E-state index contributed by atoms with van der Waals surface area (Å²) in [6.07, 6.45) is 2.72. The molecule has 2 aromatic carbocycles. The number of unbranched alkanes of at least 4 members (excludes halogenated alkanes) is 1. The van der Waals surface area contributed by atoms with E-state index in [-0.39, 0.29) is 11.8 Å². The molecule has 1 saturated heterocycles. The third kappa shape index (κ3) is 6.74. The number of carbonyl (C=O) groups is 2. The van der Waals surface area contributed by atoms with Gasteiger partial charge in [-0.15, -0.1) is 0 Å². The van der Waals surface area contributed by atoms with Crippen LogP contribution in [-0.2, 0) is 4.79 Å². The summed E-state index contributed by atoms with van der Waals surface area (Å²) < 4.78 is 5.65. The smallest absolute Gasteiger partial charge is 0.255 e. The summed E-state index contributed by atoms with van der Waals surface area (Å²) in [5, 5.41) is 2.95. The van der Waals surface area contributed by atoms with E-state index in [9.17, 15) is 9.59 Å². The monoisotopic (exact) mass is 437 g/mol. The number of nitrogens with zero attached hydrogens (tertiary/aromatic N) is 2. The molecular formula is C26H35N3O3. The Morgan fingerprint density at radius 3 is 2.22 bits per heavy atom. The van der Waals surface area contributed by atoms with Crippen molar-refractivity contribution in [1.82, 2.24) is 4.90 Å². The summed E-state index contributed by atoms with van der Waals surface area (Å²) in [5.41, 5.74) is 2.46. The number of anilines is 2. The molecule has 6 heteroatoms. The van der Waals surface area contributed by atoms with E-state index in [0.29, 0.717) is 24.5 Å². The second-order valence-electron chi connectivity index (χ2n) is 8.69. The molecule has 32 heavy (non-hydrogen) atoms.